The van der Waals surface area contributed by atoms with Crippen LogP contribution in [0.1, 0.15) is 30.3 Å². The molecule has 0 radical (unpaired) electrons. The minimum atomic E-state index is -0.725. The molecule has 2 saturated heterocycles. The lowest BCUT2D eigenvalue weighted by molar-refractivity contribution is -0.148. The Labute approximate surface area is 166 Å². The molecule has 0 unspecified atom stereocenters. The first-order valence-corrected chi connectivity index (χ1v) is 10.1. The Morgan fingerprint density at radius 3 is 2.71 bits per heavy atom. The first kappa shape index (κ1) is 18.9. The molecule has 2 atom stereocenters. The number of aromatic nitrogens is 2. The summed E-state index contributed by atoms with van der Waals surface area (Å²) in [6.07, 6.45) is 3.84. The van der Waals surface area contributed by atoms with Crippen molar-refractivity contribution in [2.75, 3.05) is 31.1 Å². The maximum absolute atomic E-state index is 12.4. The van der Waals surface area contributed by atoms with E-state index in [1.54, 1.807) is 0 Å². The number of hydrogen-bond acceptors (Lipinski definition) is 5. The first-order valence-electron chi connectivity index (χ1n) is 10.1. The quantitative estimate of drug-likeness (QED) is 0.831. The van der Waals surface area contributed by atoms with E-state index in [0.29, 0.717) is 13.1 Å². The van der Waals surface area contributed by atoms with E-state index in [1.165, 1.54) is 5.56 Å². The third kappa shape index (κ3) is 3.37. The van der Waals surface area contributed by atoms with Crippen LogP contribution in [0.3, 0.4) is 0 Å². The molecule has 4 rings (SSSR count). The van der Waals surface area contributed by atoms with Crippen LogP contribution in [0.4, 0.5) is 5.82 Å². The zero-order valence-electron chi connectivity index (χ0n) is 16.6. The predicted octanol–water partition coefficient (Wildman–Crippen LogP) is 2.76. The summed E-state index contributed by atoms with van der Waals surface area (Å²) in [5, 5.41) is 10.2. The highest BCUT2D eigenvalue weighted by atomic mass is 16.4. The summed E-state index contributed by atoms with van der Waals surface area (Å²) in [6.45, 7) is 7.50. The fraction of sp³-hybridized carbons (Fsp3) is 0.500. The highest BCUT2D eigenvalue weighted by Crippen LogP contribution is 2.45. The summed E-state index contributed by atoms with van der Waals surface area (Å²) in [6, 6.07) is 10.3. The zero-order chi connectivity index (χ0) is 19.7. The smallest absolute Gasteiger partial charge is 0.313 e. The molecule has 0 saturated carbocycles. The Hall–Kier alpha value is -2.47. The van der Waals surface area contributed by atoms with Gasteiger partial charge in [0, 0.05) is 50.4 Å². The van der Waals surface area contributed by atoms with Crippen LogP contribution in [-0.4, -0.2) is 52.1 Å². The van der Waals surface area contributed by atoms with Crippen molar-refractivity contribution in [3.63, 3.8) is 0 Å². The Bertz CT molecular complexity index is 857. The normalized spacial score (nSPS) is 24.5. The van der Waals surface area contributed by atoms with Crippen LogP contribution in [0.15, 0.2) is 36.5 Å². The van der Waals surface area contributed by atoms with Crippen LogP contribution < -0.4 is 4.90 Å². The van der Waals surface area contributed by atoms with Crippen molar-refractivity contribution < 1.29 is 9.90 Å². The van der Waals surface area contributed by atoms with Gasteiger partial charge in [0.2, 0.25) is 0 Å². The monoisotopic (exact) mass is 380 g/mol. The molecular weight excluding hydrogens is 352 g/mol. The highest BCUT2D eigenvalue weighted by molar-refractivity contribution is 5.78. The number of carboxylic acid groups (broad SMARTS) is 1. The molecule has 2 aromatic rings. The molecular formula is C22H28N4O2. The average molecular weight is 380 g/mol. The Kier molecular flexibility index (Phi) is 5.06. The lowest BCUT2D eigenvalue weighted by atomic mass is 9.81. The minimum absolute atomic E-state index is 0.110. The summed E-state index contributed by atoms with van der Waals surface area (Å²) < 4.78 is 0. The van der Waals surface area contributed by atoms with Gasteiger partial charge in [0.15, 0.2) is 0 Å². The lowest BCUT2D eigenvalue weighted by Crippen LogP contribution is -2.41. The molecule has 2 aliphatic heterocycles. The molecule has 2 fully saturated rings. The van der Waals surface area contributed by atoms with Gasteiger partial charge in [-0.2, -0.15) is 0 Å². The fourth-order valence-corrected chi connectivity index (χ4v) is 4.80. The van der Waals surface area contributed by atoms with Crippen molar-refractivity contribution in [2.24, 2.45) is 11.3 Å². The molecule has 6 nitrogen and oxygen atoms in total. The van der Waals surface area contributed by atoms with Gasteiger partial charge in [0.1, 0.15) is 17.1 Å². The standard InChI is InChI=1S/C22H28N4O2/c1-3-7-18-10-23-16(2)24-20(18)26-13-19-12-25(11-17-8-5-4-6-9-17)14-22(19,15-26)21(27)28/h4-6,8-10,19H,3,7,11-15H2,1-2H3,(H,27,28)/t19-,22-/m0/s1. The molecule has 28 heavy (non-hydrogen) atoms. The van der Waals surface area contributed by atoms with Crippen LogP contribution in [0.25, 0.3) is 0 Å². The molecule has 3 heterocycles. The third-order valence-corrected chi connectivity index (χ3v) is 6.14. The summed E-state index contributed by atoms with van der Waals surface area (Å²) in [7, 11) is 0. The third-order valence-electron chi connectivity index (χ3n) is 6.14. The number of aryl methyl sites for hydroxylation is 2. The molecule has 1 N–H and O–H groups in total. The lowest BCUT2D eigenvalue weighted by Gasteiger charge is -2.27. The van der Waals surface area contributed by atoms with Crippen LogP contribution in [0.2, 0.25) is 0 Å². The van der Waals surface area contributed by atoms with Gasteiger partial charge in [-0.1, -0.05) is 43.7 Å². The number of benzene rings is 1. The second-order valence-corrected chi connectivity index (χ2v) is 8.21. The number of rotatable bonds is 6. The molecule has 6 heteroatoms. The summed E-state index contributed by atoms with van der Waals surface area (Å²) in [4.78, 5) is 25.9. The van der Waals surface area contributed by atoms with E-state index < -0.39 is 11.4 Å². The van der Waals surface area contributed by atoms with Crippen molar-refractivity contribution >= 4 is 11.8 Å². The Morgan fingerprint density at radius 2 is 2.04 bits per heavy atom. The SMILES string of the molecule is CCCc1cnc(C)nc1N1C[C@@H]2CN(Cc3ccccc3)C[C@]2(C(=O)O)C1. The van der Waals surface area contributed by atoms with Crippen molar-refractivity contribution in [3.8, 4) is 0 Å². The van der Waals surface area contributed by atoms with Gasteiger partial charge in [-0.3, -0.25) is 9.69 Å². The topological polar surface area (TPSA) is 69.6 Å². The van der Waals surface area contributed by atoms with Crippen molar-refractivity contribution in [3.05, 3.63) is 53.5 Å². The van der Waals surface area contributed by atoms with Crippen molar-refractivity contribution in [1.82, 2.24) is 14.9 Å². The maximum atomic E-state index is 12.4. The molecule has 0 aliphatic carbocycles. The first-order chi connectivity index (χ1) is 13.5. The fourth-order valence-electron chi connectivity index (χ4n) is 4.80. The number of aliphatic carboxylic acids is 1. The van der Waals surface area contributed by atoms with E-state index in [9.17, 15) is 9.90 Å². The van der Waals surface area contributed by atoms with E-state index in [2.05, 4.69) is 38.8 Å². The van der Waals surface area contributed by atoms with Gasteiger partial charge < -0.3 is 10.0 Å². The van der Waals surface area contributed by atoms with Crippen LogP contribution in [0.5, 0.6) is 0 Å². The number of carbonyl (C=O) groups is 1. The molecule has 148 valence electrons. The van der Waals surface area contributed by atoms with E-state index in [0.717, 1.165) is 49.7 Å². The molecule has 0 spiro atoms. The molecule has 0 amide bonds. The van der Waals surface area contributed by atoms with E-state index in [1.807, 2.05) is 31.3 Å². The number of carboxylic acids is 1. The second-order valence-electron chi connectivity index (χ2n) is 8.21. The van der Waals surface area contributed by atoms with Gasteiger partial charge in [-0.25, -0.2) is 9.97 Å². The number of fused-ring (bicyclic) bond motifs is 1. The second kappa shape index (κ2) is 7.51. The number of anilines is 1. The summed E-state index contributed by atoms with van der Waals surface area (Å²) in [5.41, 5.74) is 1.63. The largest absolute Gasteiger partial charge is 0.481 e. The zero-order valence-corrected chi connectivity index (χ0v) is 16.6. The Balaban J connectivity index is 1.56. The van der Waals surface area contributed by atoms with Gasteiger partial charge in [0.25, 0.3) is 0 Å². The number of hydrogen-bond donors (Lipinski definition) is 1. The van der Waals surface area contributed by atoms with Crippen LogP contribution in [-0.2, 0) is 17.8 Å². The van der Waals surface area contributed by atoms with Gasteiger partial charge >= 0.3 is 5.97 Å². The predicted molar refractivity (Wildman–Crippen MR) is 108 cm³/mol. The van der Waals surface area contributed by atoms with Crippen LogP contribution >= 0.6 is 0 Å². The molecule has 2 aliphatic rings. The molecule has 0 bridgehead atoms. The van der Waals surface area contributed by atoms with Crippen molar-refractivity contribution in [1.29, 1.82) is 0 Å². The Morgan fingerprint density at radius 1 is 1.25 bits per heavy atom. The molecule has 1 aromatic carbocycles. The van der Waals surface area contributed by atoms with Gasteiger partial charge in [-0.05, 0) is 18.9 Å². The number of likely N-dealkylation sites (tertiary alicyclic amines) is 1. The van der Waals surface area contributed by atoms with Gasteiger partial charge in [0.05, 0.1) is 0 Å². The van der Waals surface area contributed by atoms with Crippen LogP contribution in [0, 0.1) is 18.3 Å². The van der Waals surface area contributed by atoms with Gasteiger partial charge in [-0.15, -0.1) is 0 Å². The van der Waals surface area contributed by atoms with E-state index in [4.69, 9.17) is 0 Å². The minimum Gasteiger partial charge on any atom is -0.481 e. The average Bonchev–Trinajstić information content (AvgIpc) is 3.19. The maximum Gasteiger partial charge on any atom is 0.313 e. The summed E-state index contributed by atoms with van der Waals surface area (Å²) in [5.74, 6) is 1.10. The molecule has 1 aromatic heterocycles. The van der Waals surface area contributed by atoms with E-state index in [-0.39, 0.29) is 5.92 Å². The highest BCUT2D eigenvalue weighted by Gasteiger charge is 2.57. The van der Waals surface area contributed by atoms with E-state index >= 15 is 0 Å². The number of nitrogens with zero attached hydrogens (tertiary/aromatic N) is 4. The van der Waals surface area contributed by atoms with Crippen molar-refractivity contribution in [2.45, 2.75) is 33.2 Å². The summed E-state index contributed by atoms with van der Waals surface area (Å²) >= 11 is 0.